The molecule has 0 aliphatic carbocycles. The molecule has 106 valence electrons. The van der Waals surface area contributed by atoms with Crippen LogP contribution < -0.4 is 5.73 Å². The zero-order chi connectivity index (χ0) is 14.5. The summed E-state index contributed by atoms with van der Waals surface area (Å²) in [6.07, 6.45) is 0.730. The van der Waals surface area contributed by atoms with Crippen molar-refractivity contribution in [3.8, 4) is 0 Å². The fraction of sp³-hybridized carbons (Fsp3) is 0.250. The summed E-state index contributed by atoms with van der Waals surface area (Å²) in [7, 11) is -1.22. The fourth-order valence-corrected chi connectivity index (χ4v) is 4.09. The maximum absolute atomic E-state index is 12.8. The SMILES string of the molecule is CCC(C(N)c1ccccc1)S(=O)c1ccccc1Cl. The molecule has 0 fully saturated rings. The molecule has 2 rings (SSSR count). The van der Waals surface area contributed by atoms with Crippen molar-refractivity contribution in [2.24, 2.45) is 5.73 Å². The minimum absolute atomic E-state index is 0.155. The Bertz CT molecular complexity index is 588. The summed E-state index contributed by atoms with van der Waals surface area (Å²) in [4.78, 5) is 0.660. The Balaban J connectivity index is 2.29. The van der Waals surface area contributed by atoms with E-state index in [1.54, 1.807) is 12.1 Å². The molecular weight excluding hydrogens is 290 g/mol. The molecule has 3 atom stereocenters. The quantitative estimate of drug-likeness (QED) is 0.909. The lowest BCUT2D eigenvalue weighted by Gasteiger charge is -2.23. The highest BCUT2D eigenvalue weighted by Gasteiger charge is 2.26. The Labute approximate surface area is 127 Å². The molecule has 0 aromatic heterocycles. The highest BCUT2D eigenvalue weighted by atomic mass is 35.5. The first kappa shape index (κ1) is 15.2. The monoisotopic (exact) mass is 307 g/mol. The third-order valence-electron chi connectivity index (χ3n) is 3.32. The molecular formula is C16H18ClNOS. The van der Waals surface area contributed by atoms with Gasteiger partial charge in [-0.3, -0.25) is 4.21 Å². The average Bonchev–Trinajstić information content (AvgIpc) is 2.49. The van der Waals surface area contributed by atoms with Crippen molar-refractivity contribution in [3.63, 3.8) is 0 Å². The van der Waals surface area contributed by atoms with Gasteiger partial charge in [0.2, 0.25) is 0 Å². The summed E-state index contributed by atoms with van der Waals surface area (Å²) in [6, 6.07) is 16.8. The Kier molecular flexibility index (Phi) is 5.35. The normalized spacial score (nSPS) is 15.6. The molecule has 0 amide bonds. The predicted molar refractivity (Wildman–Crippen MR) is 85.3 cm³/mol. The minimum Gasteiger partial charge on any atom is -0.323 e. The molecule has 0 spiro atoms. The second-order valence-corrected chi connectivity index (χ2v) is 6.66. The van der Waals surface area contributed by atoms with E-state index < -0.39 is 10.8 Å². The van der Waals surface area contributed by atoms with E-state index in [1.807, 2.05) is 49.4 Å². The Morgan fingerprint density at radius 1 is 1.10 bits per heavy atom. The lowest BCUT2D eigenvalue weighted by Crippen LogP contribution is -2.30. The lowest BCUT2D eigenvalue weighted by atomic mass is 10.0. The topological polar surface area (TPSA) is 43.1 Å². The predicted octanol–water partition coefficient (Wildman–Crippen LogP) is 3.93. The van der Waals surface area contributed by atoms with Crippen LogP contribution >= 0.6 is 11.6 Å². The van der Waals surface area contributed by atoms with Crippen LogP contribution in [0.2, 0.25) is 5.02 Å². The highest BCUT2D eigenvalue weighted by molar-refractivity contribution is 7.85. The van der Waals surface area contributed by atoms with E-state index in [4.69, 9.17) is 17.3 Å². The number of hydrogen-bond acceptors (Lipinski definition) is 2. The third kappa shape index (κ3) is 3.29. The van der Waals surface area contributed by atoms with Crippen LogP contribution in [0.25, 0.3) is 0 Å². The van der Waals surface area contributed by atoms with Gasteiger partial charge in [-0.25, -0.2) is 0 Å². The number of halogens is 1. The van der Waals surface area contributed by atoms with Crippen LogP contribution in [-0.4, -0.2) is 9.46 Å². The smallest absolute Gasteiger partial charge is 0.0595 e. The maximum Gasteiger partial charge on any atom is 0.0595 e. The van der Waals surface area contributed by atoms with Crippen molar-refractivity contribution in [3.05, 3.63) is 65.2 Å². The number of benzene rings is 2. The van der Waals surface area contributed by atoms with Gasteiger partial charge in [0.15, 0.2) is 0 Å². The average molecular weight is 308 g/mol. The molecule has 20 heavy (non-hydrogen) atoms. The molecule has 0 aliphatic rings. The molecule has 0 saturated heterocycles. The summed E-state index contributed by atoms with van der Waals surface area (Å²) in [5, 5.41) is 0.377. The van der Waals surface area contributed by atoms with Gasteiger partial charge in [-0.1, -0.05) is 61.0 Å². The summed E-state index contributed by atoms with van der Waals surface area (Å²) in [6.45, 7) is 2.00. The van der Waals surface area contributed by atoms with Gasteiger partial charge in [0.25, 0.3) is 0 Å². The molecule has 0 radical (unpaired) electrons. The Hall–Kier alpha value is -1.16. The van der Waals surface area contributed by atoms with Gasteiger partial charge in [0.1, 0.15) is 0 Å². The molecule has 4 heteroatoms. The van der Waals surface area contributed by atoms with Crippen LogP contribution in [0.1, 0.15) is 24.9 Å². The first-order chi connectivity index (χ1) is 9.65. The maximum atomic E-state index is 12.8. The highest BCUT2D eigenvalue weighted by Crippen LogP contribution is 2.28. The van der Waals surface area contributed by atoms with E-state index in [9.17, 15) is 4.21 Å². The summed E-state index contributed by atoms with van der Waals surface area (Å²) in [5.41, 5.74) is 7.30. The molecule has 2 aromatic carbocycles. The van der Waals surface area contributed by atoms with E-state index in [-0.39, 0.29) is 11.3 Å². The van der Waals surface area contributed by atoms with E-state index in [2.05, 4.69) is 0 Å². The van der Waals surface area contributed by atoms with Crippen LogP contribution in [0.15, 0.2) is 59.5 Å². The van der Waals surface area contributed by atoms with Crippen LogP contribution in [0.3, 0.4) is 0 Å². The molecule has 0 heterocycles. The standard InChI is InChI=1S/C16H18ClNOS/c1-2-14(16(18)12-8-4-3-5-9-12)20(19)15-11-7-6-10-13(15)17/h3-11,14,16H,2,18H2,1H3. The van der Waals surface area contributed by atoms with Gasteiger partial charge < -0.3 is 5.73 Å². The van der Waals surface area contributed by atoms with Crippen molar-refractivity contribution in [1.82, 2.24) is 0 Å². The minimum atomic E-state index is -1.22. The summed E-state index contributed by atoms with van der Waals surface area (Å²) in [5.74, 6) is 0. The Morgan fingerprint density at radius 3 is 2.30 bits per heavy atom. The van der Waals surface area contributed by atoms with E-state index >= 15 is 0 Å². The second kappa shape index (κ2) is 7.02. The summed E-state index contributed by atoms with van der Waals surface area (Å²) < 4.78 is 12.8. The van der Waals surface area contributed by atoms with Crippen molar-refractivity contribution in [1.29, 1.82) is 0 Å². The fourth-order valence-electron chi connectivity index (χ4n) is 2.20. The van der Waals surface area contributed by atoms with Gasteiger partial charge in [0.05, 0.1) is 26.0 Å². The zero-order valence-electron chi connectivity index (χ0n) is 11.3. The van der Waals surface area contributed by atoms with Gasteiger partial charge in [0, 0.05) is 6.04 Å². The number of rotatable bonds is 5. The second-order valence-electron chi connectivity index (χ2n) is 4.61. The van der Waals surface area contributed by atoms with Gasteiger partial charge in [-0.2, -0.15) is 0 Å². The first-order valence-corrected chi connectivity index (χ1v) is 8.20. The molecule has 0 bridgehead atoms. The van der Waals surface area contributed by atoms with Crippen LogP contribution in [0.4, 0.5) is 0 Å². The van der Waals surface area contributed by atoms with Crippen molar-refractivity contribution >= 4 is 22.4 Å². The van der Waals surface area contributed by atoms with Crippen molar-refractivity contribution in [2.45, 2.75) is 29.5 Å². The number of hydrogen-bond donors (Lipinski definition) is 1. The molecule has 2 N–H and O–H groups in total. The largest absolute Gasteiger partial charge is 0.323 e. The molecule has 3 unspecified atom stereocenters. The molecule has 2 nitrogen and oxygen atoms in total. The molecule has 2 aromatic rings. The Morgan fingerprint density at radius 2 is 1.70 bits per heavy atom. The van der Waals surface area contributed by atoms with Crippen molar-refractivity contribution < 1.29 is 4.21 Å². The van der Waals surface area contributed by atoms with Gasteiger partial charge in [-0.15, -0.1) is 0 Å². The third-order valence-corrected chi connectivity index (χ3v) is 5.72. The first-order valence-electron chi connectivity index (χ1n) is 6.60. The van der Waals surface area contributed by atoms with Crippen LogP contribution in [0, 0.1) is 0 Å². The van der Waals surface area contributed by atoms with E-state index in [1.165, 1.54) is 0 Å². The molecule has 0 aliphatic heterocycles. The van der Waals surface area contributed by atoms with Gasteiger partial charge >= 0.3 is 0 Å². The van der Waals surface area contributed by atoms with Crippen LogP contribution in [-0.2, 0) is 10.8 Å². The summed E-state index contributed by atoms with van der Waals surface area (Å²) >= 11 is 6.14. The van der Waals surface area contributed by atoms with E-state index in [0.717, 1.165) is 12.0 Å². The number of nitrogens with two attached hydrogens (primary N) is 1. The van der Waals surface area contributed by atoms with E-state index in [0.29, 0.717) is 9.92 Å². The van der Waals surface area contributed by atoms with Gasteiger partial charge in [-0.05, 0) is 24.1 Å². The zero-order valence-corrected chi connectivity index (χ0v) is 12.9. The molecule has 0 saturated carbocycles. The lowest BCUT2D eigenvalue weighted by molar-refractivity contribution is 0.612. The van der Waals surface area contributed by atoms with Crippen LogP contribution in [0.5, 0.6) is 0 Å². The van der Waals surface area contributed by atoms with Crippen molar-refractivity contribution in [2.75, 3.05) is 0 Å².